The van der Waals surface area contributed by atoms with Crippen molar-refractivity contribution in [3.05, 3.63) is 35.1 Å². The Labute approximate surface area is 201 Å². The van der Waals surface area contributed by atoms with E-state index in [0.717, 1.165) is 12.5 Å². The Morgan fingerprint density at radius 3 is 2.38 bits per heavy atom. The Balaban J connectivity index is 1.86. The predicted octanol–water partition coefficient (Wildman–Crippen LogP) is 3.28. The van der Waals surface area contributed by atoms with Gasteiger partial charge in [0.05, 0.1) is 47.6 Å². The first-order valence-corrected chi connectivity index (χ1v) is 14.1. The summed E-state index contributed by atoms with van der Waals surface area (Å²) in [7, 11) is -8.38. The second-order valence-corrected chi connectivity index (χ2v) is 12.6. The largest absolute Gasteiger partial charge is 0.476 e. The highest BCUT2D eigenvalue weighted by Crippen LogP contribution is 2.35. The molecule has 3 heterocycles. The van der Waals surface area contributed by atoms with E-state index in [1.54, 1.807) is 36.0 Å². The third-order valence-corrected chi connectivity index (χ3v) is 8.25. The number of ether oxygens (including phenoxy) is 1. The van der Waals surface area contributed by atoms with Gasteiger partial charge in [-0.15, -0.1) is 3.71 Å². The van der Waals surface area contributed by atoms with Crippen LogP contribution >= 0.6 is 11.6 Å². The zero-order valence-electron chi connectivity index (χ0n) is 19.0. The Morgan fingerprint density at radius 2 is 1.79 bits per heavy atom. The van der Waals surface area contributed by atoms with Crippen molar-refractivity contribution in [1.82, 2.24) is 19.9 Å². The van der Waals surface area contributed by atoms with Crippen LogP contribution < -0.4 is 8.45 Å². The summed E-state index contributed by atoms with van der Waals surface area (Å²) >= 11 is 6.36. The normalized spacial score (nSPS) is 12.7. The zero-order chi connectivity index (χ0) is 25.0. The van der Waals surface area contributed by atoms with Crippen LogP contribution in [0.1, 0.15) is 19.5 Å². The molecular weight excluding hydrogens is 506 g/mol. The molecule has 0 aliphatic carbocycles. The first-order chi connectivity index (χ1) is 15.8. The van der Waals surface area contributed by atoms with Gasteiger partial charge in [-0.3, -0.25) is 0 Å². The van der Waals surface area contributed by atoms with Crippen LogP contribution in [0.5, 0.6) is 5.88 Å². The number of aryl methyl sites for hydroxylation is 1. The van der Waals surface area contributed by atoms with Crippen LogP contribution in [0.4, 0.5) is 5.82 Å². The van der Waals surface area contributed by atoms with Gasteiger partial charge in [0.15, 0.2) is 5.58 Å². The molecule has 11 nitrogen and oxygen atoms in total. The Morgan fingerprint density at radius 1 is 1.12 bits per heavy atom. The van der Waals surface area contributed by atoms with Crippen LogP contribution in [0, 0.1) is 12.8 Å². The van der Waals surface area contributed by atoms with Crippen molar-refractivity contribution < 1.29 is 26.1 Å². The van der Waals surface area contributed by atoms with Crippen molar-refractivity contribution in [3.8, 4) is 11.6 Å². The average Bonchev–Trinajstić information content (AvgIpc) is 3.24. The summed E-state index contributed by atoms with van der Waals surface area (Å²) in [5.74, 6) is 0.285. The molecule has 0 aliphatic rings. The Bertz CT molecular complexity index is 1590. The number of aromatic nitrogens is 4. The molecule has 0 saturated carbocycles. The number of anilines is 1. The summed E-state index contributed by atoms with van der Waals surface area (Å²) in [4.78, 5) is 4.30. The molecule has 3 aromatic heterocycles. The van der Waals surface area contributed by atoms with Gasteiger partial charge in [0, 0.05) is 11.5 Å². The van der Waals surface area contributed by atoms with Crippen molar-refractivity contribution in [2.24, 2.45) is 5.92 Å². The van der Waals surface area contributed by atoms with Crippen molar-refractivity contribution in [1.29, 1.82) is 0 Å². The number of sulfonamides is 2. The number of nitrogens with zero attached hydrogens (tertiary/aromatic N) is 5. The standard InChI is InChI=1S/C20H22ClN5O6S2/c1-11(2)10-31-20-16(21)6-13(9-22-20)25-17-8-18-15(7-14(17)12(3)23-25)19(24-32-18)26(33(4,27)28)34(5,29)30/h6-9,11H,10H2,1-5H3. The lowest BCUT2D eigenvalue weighted by atomic mass is 10.1. The molecule has 0 saturated heterocycles. The van der Waals surface area contributed by atoms with Gasteiger partial charge in [-0.2, -0.15) is 5.10 Å². The first-order valence-electron chi connectivity index (χ1n) is 10.1. The van der Waals surface area contributed by atoms with Gasteiger partial charge in [0.2, 0.25) is 31.7 Å². The quantitative estimate of drug-likeness (QED) is 0.354. The topological polar surface area (TPSA) is 137 Å². The van der Waals surface area contributed by atoms with Crippen molar-refractivity contribution >= 4 is 59.3 Å². The summed E-state index contributed by atoms with van der Waals surface area (Å²) in [5.41, 5.74) is 1.95. The van der Waals surface area contributed by atoms with Crippen molar-refractivity contribution in [3.63, 3.8) is 0 Å². The summed E-state index contributed by atoms with van der Waals surface area (Å²) in [6.45, 7) is 6.26. The van der Waals surface area contributed by atoms with E-state index in [4.69, 9.17) is 20.9 Å². The zero-order valence-corrected chi connectivity index (χ0v) is 21.4. The lowest BCUT2D eigenvalue weighted by Gasteiger charge is -2.16. The second-order valence-electron chi connectivity index (χ2n) is 8.28. The van der Waals surface area contributed by atoms with Crippen LogP contribution in [0.15, 0.2) is 28.9 Å². The summed E-state index contributed by atoms with van der Waals surface area (Å²) in [5, 5.41) is 9.44. The monoisotopic (exact) mass is 527 g/mol. The molecule has 0 aliphatic heterocycles. The summed E-state index contributed by atoms with van der Waals surface area (Å²) in [6.07, 6.45) is 3.13. The highest BCUT2D eigenvalue weighted by atomic mass is 35.5. The summed E-state index contributed by atoms with van der Waals surface area (Å²) in [6, 6.07) is 4.86. The molecule has 0 unspecified atom stereocenters. The van der Waals surface area contributed by atoms with E-state index < -0.39 is 20.0 Å². The van der Waals surface area contributed by atoms with Gasteiger partial charge >= 0.3 is 0 Å². The van der Waals surface area contributed by atoms with E-state index in [1.807, 2.05) is 13.8 Å². The molecule has 1 aromatic carbocycles. The maximum Gasteiger partial charge on any atom is 0.246 e. The number of hydrogen-bond acceptors (Lipinski definition) is 9. The molecular formula is C20H22ClN5O6S2. The number of pyridine rings is 1. The molecule has 14 heteroatoms. The number of rotatable bonds is 7. The van der Waals surface area contributed by atoms with Gasteiger partial charge in [-0.1, -0.05) is 30.6 Å². The number of benzene rings is 1. The van der Waals surface area contributed by atoms with E-state index in [1.165, 1.54) is 0 Å². The molecule has 0 N–H and O–H groups in total. The van der Waals surface area contributed by atoms with Crippen LogP contribution in [0.2, 0.25) is 5.02 Å². The van der Waals surface area contributed by atoms with E-state index in [2.05, 4.69) is 15.2 Å². The van der Waals surface area contributed by atoms with Crippen LogP contribution in [0.3, 0.4) is 0 Å². The fraction of sp³-hybridized carbons (Fsp3) is 0.350. The second kappa shape index (κ2) is 8.40. The maximum absolute atomic E-state index is 12.2. The van der Waals surface area contributed by atoms with E-state index >= 15 is 0 Å². The van der Waals surface area contributed by atoms with Gasteiger partial charge < -0.3 is 9.26 Å². The minimum absolute atomic E-state index is 0.178. The van der Waals surface area contributed by atoms with Gasteiger partial charge in [0.25, 0.3) is 0 Å². The highest BCUT2D eigenvalue weighted by Gasteiger charge is 2.32. The summed E-state index contributed by atoms with van der Waals surface area (Å²) < 4.78 is 61.6. The maximum atomic E-state index is 12.2. The highest BCUT2D eigenvalue weighted by molar-refractivity contribution is 8.09. The Hall–Kier alpha value is -2.90. The molecule has 34 heavy (non-hydrogen) atoms. The fourth-order valence-electron chi connectivity index (χ4n) is 3.46. The molecule has 4 rings (SSSR count). The van der Waals surface area contributed by atoms with Gasteiger partial charge in [-0.25, -0.2) is 26.5 Å². The third-order valence-electron chi connectivity index (χ3n) is 4.80. The van der Waals surface area contributed by atoms with Crippen LogP contribution in [-0.2, 0) is 20.0 Å². The molecule has 0 spiro atoms. The van der Waals surface area contributed by atoms with Crippen LogP contribution in [-0.4, -0.2) is 55.9 Å². The smallest absolute Gasteiger partial charge is 0.246 e. The first kappa shape index (κ1) is 24.2. The number of hydrogen-bond donors (Lipinski definition) is 0. The molecule has 0 amide bonds. The van der Waals surface area contributed by atoms with Crippen molar-refractivity contribution in [2.75, 3.05) is 22.8 Å². The Kier molecular flexibility index (Phi) is 5.98. The van der Waals surface area contributed by atoms with Crippen LogP contribution in [0.25, 0.3) is 27.6 Å². The van der Waals surface area contributed by atoms with Gasteiger partial charge in [-0.05, 0) is 25.0 Å². The SMILES string of the molecule is Cc1nn(-c2cnc(OCC(C)C)c(Cl)c2)c2cc3onc(N(S(C)(=O)=O)S(C)(=O)=O)c3cc12. The minimum atomic E-state index is -4.19. The molecule has 0 radical (unpaired) electrons. The third kappa shape index (κ3) is 4.42. The number of fused-ring (bicyclic) bond motifs is 2. The van der Waals surface area contributed by atoms with Gasteiger partial charge in [0.1, 0.15) is 5.02 Å². The minimum Gasteiger partial charge on any atom is -0.476 e. The molecule has 0 bridgehead atoms. The lowest BCUT2D eigenvalue weighted by Crippen LogP contribution is -2.35. The van der Waals surface area contributed by atoms with E-state index in [0.29, 0.717) is 45.7 Å². The predicted molar refractivity (Wildman–Crippen MR) is 129 cm³/mol. The molecule has 0 fully saturated rings. The number of halogens is 1. The molecule has 4 aromatic rings. The fourth-order valence-corrected chi connectivity index (χ4v) is 6.53. The van der Waals surface area contributed by atoms with Crippen molar-refractivity contribution in [2.45, 2.75) is 20.8 Å². The average molecular weight is 528 g/mol. The van der Waals surface area contributed by atoms with E-state index in [-0.39, 0.29) is 20.5 Å². The van der Waals surface area contributed by atoms with E-state index in [9.17, 15) is 16.8 Å². The molecule has 0 atom stereocenters. The molecule has 182 valence electrons. The lowest BCUT2D eigenvalue weighted by molar-refractivity contribution is 0.261.